The number of nitrogens with one attached hydrogen (secondary N) is 1. The number of carbonyl (C=O) groups excluding carboxylic acids is 1. The molecular weight excluding hydrogens is 597 g/mol. The Morgan fingerprint density at radius 1 is 1.15 bits per heavy atom. The number of carbonyl (C=O) groups is 1. The third-order valence-electron chi connectivity index (χ3n) is 8.89. The number of nitrogens with zero attached hydrogens (tertiary/aromatic N) is 8. The summed E-state index contributed by atoms with van der Waals surface area (Å²) in [6.45, 7) is 7.85. The van der Waals surface area contributed by atoms with Gasteiger partial charge in [0.2, 0.25) is 5.95 Å². The van der Waals surface area contributed by atoms with Crippen molar-refractivity contribution in [3.05, 3.63) is 103 Å². The molecule has 1 aliphatic heterocycles. The number of piperidine rings is 1. The van der Waals surface area contributed by atoms with Gasteiger partial charge in [0.1, 0.15) is 17.9 Å². The van der Waals surface area contributed by atoms with Gasteiger partial charge in [0, 0.05) is 45.2 Å². The number of fused-ring (bicyclic) bond motifs is 1. The number of halogens is 1. The molecule has 1 amide bonds. The van der Waals surface area contributed by atoms with Crippen LogP contribution in [0.1, 0.15) is 41.1 Å². The molecule has 1 saturated heterocycles. The van der Waals surface area contributed by atoms with Gasteiger partial charge in [0.05, 0.1) is 29.4 Å². The van der Waals surface area contributed by atoms with Crippen LogP contribution in [0.15, 0.2) is 85.7 Å². The number of amides is 1. The Balaban J connectivity index is 1.10. The SMILES string of the molecule is C=CCn1c(NC2CCN(CCC(CN(C)C(=O)c3cc(-n4cnnn4)ccc3OC)c3ccc(F)cc3)CC2)nc2ccccc21. The molecule has 5 aromatic rings. The lowest BCUT2D eigenvalue weighted by molar-refractivity contribution is 0.0778. The minimum Gasteiger partial charge on any atom is -0.496 e. The highest BCUT2D eigenvalue weighted by atomic mass is 19.1. The highest BCUT2D eigenvalue weighted by Crippen LogP contribution is 2.28. The third kappa shape index (κ3) is 7.33. The van der Waals surface area contributed by atoms with E-state index >= 15 is 0 Å². The van der Waals surface area contributed by atoms with E-state index in [0.29, 0.717) is 36.1 Å². The summed E-state index contributed by atoms with van der Waals surface area (Å²) < 4.78 is 23.1. The van der Waals surface area contributed by atoms with Crippen LogP contribution in [-0.2, 0) is 6.54 Å². The number of para-hydroxylation sites is 2. The molecular formula is C35H40FN9O2. The van der Waals surface area contributed by atoms with Crippen LogP contribution in [0, 0.1) is 5.82 Å². The van der Waals surface area contributed by atoms with E-state index < -0.39 is 0 Å². The smallest absolute Gasteiger partial charge is 0.257 e. The number of rotatable bonds is 13. The minimum absolute atomic E-state index is 0.00732. The number of anilines is 1. The first-order chi connectivity index (χ1) is 22.9. The number of likely N-dealkylation sites (tertiary alicyclic amines) is 1. The Hall–Kier alpha value is -5.10. The van der Waals surface area contributed by atoms with E-state index in [1.54, 1.807) is 37.3 Å². The maximum atomic E-state index is 13.9. The van der Waals surface area contributed by atoms with Crippen LogP contribution in [0.4, 0.5) is 10.3 Å². The molecule has 47 heavy (non-hydrogen) atoms. The van der Waals surface area contributed by atoms with Crippen LogP contribution < -0.4 is 10.1 Å². The van der Waals surface area contributed by atoms with E-state index in [0.717, 1.165) is 61.4 Å². The van der Waals surface area contributed by atoms with E-state index in [2.05, 4.69) is 43.0 Å². The van der Waals surface area contributed by atoms with Gasteiger partial charge in [0.25, 0.3) is 5.91 Å². The molecule has 1 aliphatic rings. The average Bonchev–Trinajstić information content (AvgIpc) is 3.76. The zero-order valence-corrected chi connectivity index (χ0v) is 26.8. The normalized spacial score (nSPS) is 14.6. The largest absolute Gasteiger partial charge is 0.496 e. The van der Waals surface area contributed by atoms with E-state index in [-0.39, 0.29) is 17.6 Å². The van der Waals surface area contributed by atoms with Crippen molar-refractivity contribution in [2.24, 2.45) is 0 Å². The lowest BCUT2D eigenvalue weighted by atomic mass is 9.94. The average molecular weight is 638 g/mol. The van der Waals surface area contributed by atoms with E-state index in [1.165, 1.54) is 23.1 Å². The Bertz CT molecular complexity index is 1800. The molecule has 1 unspecified atom stereocenters. The second-order valence-corrected chi connectivity index (χ2v) is 11.9. The molecule has 6 rings (SSSR count). The zero-order valence-electron chi connectivity index (χ0n) is 26.8. The molecule has 11 nitrogen and oxygen atoms in total. The molecule has 0 saturated carbocycles. The molecule has 1 N–H and O–H groups in total. The summed E-state index contributed by atoms with van der Waals surface area (Å²) in [6, 6.07) is 20.4. The number of likely N-dealkylation sites (N-methyl/N-ethyl adjacent to an activating group) is 1. The van der Waals surface area contributed by atoms with Gasteiger partial charge in [-0.2, -0.15) is 0 Å². The first-order valence-electron chi connectivity index (χ1n) is 15.9. The number of aromatic nitrogens is 6. The van der Waals surface area contributed by atoms with Crippen LogP contribution in [0.2, 0.25) is 0 Å². The number of methoxy groups -OCH3 is 1. The van der Waals surface area contributed by atoms with Gasteiger partial charge in [-0.3, -0.25) is 4.79 Å². The lowest BCUT2D eigenvalue weighted by Gasteiger charge is -2.34. The van der Waals surface area contributed by atoms with Crippen molar-refractivity contribution < 1.29 is 13.9 Å². The fourth-order valence-corrected chi connectivity index (χ4v) is 6.32. The van der Waals surface area contributed by atoms with Gasteiger partial charge in [0.15, 0.2) is 0 Å². The summed E-state index contributed by atoms with van der Waals surface area (Å²) in [6.07, 6.45) is 6.18. The van der Waals surface area contributed by atoms with E-state index in [1.807, 2.05) is 36.4 Å². The van der Waals surface area contributed by atoms with Crippen LogP contribution in [0.3, 0.4) is 0 Å². The highest BCUT2D eigenvalue weighted by Gasteiger charge is 2.25. The van der Waals surface area contributed by atoms with Gasteiger partial charge >= 0.3 is 0 Å². The Morgan fingerprint density at radius 3 is 2.66 bits per heavy atom. The molecule has 2 aromatic heterocycles. The predicted molar refractivity (Wildman–Crippen MR) is 179 cm³/mol. The van der Waals surface area contributed by atoms with Gasteiger partial charge in [-0.1, -0.05) is 30.3 Å². The van der Waals surface area contributed by atoms with Gasteiger partial charge < -0.3 is 24.4 Å². The van der Waals surface area contributed by atoms with Crippen molar-refractivity contribution in [3.63, 3.8) is 0 Å². The molecule has 0 bridgehead atoms. The standard InChI is InChI=1S/C35H40FN9O2/c1-4-18-44-32-8-6-5-7-31(32)39-35(44)38-28-16-20-43(21-17-28)19-15-26(25-9-11-27(36)12-10-25)23-42(2)34(46)30-22-29(13-14-33(30)47-3)45-24-37-40-41-45/h4-14,22,24,26,28H,1,15-21,23H2,2-3H3,(H,38,39). The van der Waals surface area contributed by atoms with Crippen LogP contribution in [-0.4, -0.2) is 91.8 Å². The summed E-state index contributed by atoms with van der Waals surface area (Å²) in [4.78, 5) is 22.8. The molecule has 244 valence electrons. The molecule has 0 aliphatic carbocycles. The highest BCUT2D eigenvalue weighted by molar-refractivity contribution is 5.97. The van der Waals surface area contributed by atoms with Crippen LogP contribution in [0.25, 0.3) is 16.7 Å². The topological polar surface area (TPSA) is 106 Å². The molecule has 0 spiro atoms. The molecule has 0 radical (unpaired) electrons. The van der Waals surface area contributed by atoms with Crippen molar-refractivity contribution in [3.8, 4) is 11.4 Å². The number of imidazole rings is 1. The lowest BCUT2D eigenvalue weighted by Crippen LogP contribution is -2.40. The monoisotopic (exact) mass is 637 g/mol. The predicted octanol–water partition coefficient (Wildman–Crippen LogP) is 5.17. The molecule has 3 aromatic carbocycles. The Morgan fingerprint density at radius 2 is 1.94 bits per heavy atom. The molecule has 1 fully saturated rings. The van der Waals surface area contributed by atoms with Gasteiger partial charge in [-0.15, -0.1) is 11.7 Å². The van der Waals surface area contributed by atoms with Crippen molar-refractivity contribution in [2.45, 2.75) is 37.8 Å². The maximum Gasteiger partial charge on any atom is 0.257 e. The number of benzene rings is 3. The number of tetrazole rings is 1. The van der Waals surface area contributed by atoms with Crippen molar-refractivity contribution >= 4 is 22.9 Å². The van der Waals surface area contributed by atoms with Gasteiger partial charge in [-0.05, 0) is 84.3 Å². The number of hydrogen-bond donors (Lipinski definition) is 1. The molecule has 3 heterocycles. The number of ether oxygens (including phenoxy) is 1. The van der Waals surface area contributed by atoms with Crippen molar-refractivity contribution in [1.29, 1.82) is 0 Å². The van der Waals surface area contributed by atoms with Crippen molar-refractivity contribution in [1.82, 2.24) is 39.6 Å². The summed E-state index contributed by atoms with van der Waals surface area (Å²) in [5.41, 5.74) is 4.14. The van der Waals surface area contributed by atoms with E-state index in [4.69, 9.17) is 9.72 Å². The summed E-state index contributed by atoms with van der Waals surface area (Å²) in [5.74, 6) is 0.894. The van der Waals surface area contributed by atoms with Crippen LogP contribution in [0.5, 0.6) is 5.75 Å². The van der Waals surface area contributed by atoms with Gasteiger partial charge in [-0.25, -0.2) is 14.1 Å². The summed E-state index contributed by atoms with van der Waals surface area (Å²) >= 11 is 0. The Kier molecular flexibility index (Phi) is 9.86. The first kappa shape index (κ1) is 31.9. The molecule has 1 atom stereocenters. The fourth-order valence-electron chi connectivity index (χ4n) is 6.32. The quantitative estimate of drug-likeness (QED) is 0.176. The van der Waals surface area contributed by atoms with E-state index in [9.17, 15) is 9.18 Å². The molecule has 12 heteroatoms. The summed E-state index contributed by atoms with van der Waals surface area (Å²) in [7, 11) is 3.33. The fraction of sp³-hybridized carbons (Fsp3) is 0.343. The Labute approximate surface area is 273 Å². The minimum atomic E-state index is -0.280. The second-order valence-electron chi connectivity index (χ2n) is 11.9. The zero-order chi connectivity index (χ0) is 32.8. The first-order valence-corrected chi connectivity index (χ1v) is 15.9. The summed E-state index contributed by atoms with van der Waals surface area (Å²) in [5, 5.41) is 15.0. The van der Waals surface area contributed by atoms with Crippen LogP contribution >= 0.6 is 0 Å². The second kappa shape index (κ2) is 14.5. The number of hydrogen-bond acceptors (Lipinski definition) is 8. The third-order valence-corrected chi connectivity index (χ3v) is 8.89. The maximum absolute atomic E-state index is 13.9. The van der Waals surface area contributed by atoms with Crippen molar-refractivity contribution in [2.75, 3.05) is 45.7 Å². The number of allylic oxidation sites excluding steroid dienone is 1.